The number of alkyl halides is 1. The van der Waals surface area contributed by atoms with Crippen molar-refractivity contribution in [2.75, 3.05) is 6.38 Å². The molecule has 2 heterocycles. The van der Waals surface area contributed by atoms with E-state index in [4.69, 9.17) is 0 Å². The van der Waals surface area contributed by atoms with Crippen LogP contribution in [0.4, 0.5) is 0 Å². The molecule has 6 rings (SSSR count). The summed E-state index contributed by atoms with van der Waals surface area (Å²) in [5.41, 5.74) is 0. The number of hydrogen-bond acceptors (Lipinski definition) is 2. The van der Waals surface area contributed by atoms with Gasteiger partial charge in [0.2, 0.25) is 0 Å². The molecule has 0 saturated carbocycles. The molecule has 0 aliphatic carbocycles. The van der Waals surface area contributed by atoms with Gasteiger partial charge < -0.3 is 0 Å². The Morgan fingerprint density at radius 1 is 0.500 bits per heavy atom. The van der Waals surface area contributed by atoms with Crippen molar-refractivity contribution in [2.45, 2.75) is 0 Å². The van der Waals surface area contributed by atoms with Crippen molar-refractivity contribution >= 4 is 135 Å². The van der Waals surface area contributed by atoms with Gasteiger partial charge in [0.25, 0.3) is 0 Å². The molecular formula is C25H17Br4ClS2. The highest BCUT2D eigenvalue weighted by Crippen LogP contribution is 2.36. The van der Waals surface area contributed by atoms with Crippen molar-refractivity contribution in [1.82, 2.24) is 0 Å². The average Bonchev–Trinajstić information content (AvgIpc) is 3.40. The smallest absolute Gasteiger partial charge is 0.0356 e. The van der Waals surface area contributed by atoms with E-state index >= 15 is 0 Å². The Morgan fingerprint density at radius 3 is 1.25 bits per heavy atom. The van der Waals surface area contributed by atoms with Crippen molar-refractivity contribution in [3.05, 3.63) is 93.9 Å². The van der Waals surface area contributed by atoms with Crippen molar-refractivity contribution in [1.29, 1.82) is 0 Å². The number of thiophene rings is 2. The van der Waals surface area contributed by atoms with Crippen LogP contribution in [0.5, 0.6) is 0 Å². The lowest BCUT2D eigenvalue weighted by Crippen LogP contribution is -1.67. The fraction of sp³-hybridized carbons (Fsp3) is 0.0400. The largest absolute Gasteiger partial charge is 0.135 e. The Bertz CT molecular complexity index is 1350. The molecule has 6 aromatic rings. The third kappa shape index (κ3) is 5.96. The lowest BCUT2D eigenvalue weighted by Gasteiger charge is -1.93. The second kappa shape index (κ2) is 12.8. The molecule has 164 valence electrons. The van der Waals surface area contributed by atoms with Gasteiger partial charge in [-0.1, -0.05) is 68.3 Å². The van der Waals surface area contributed by atoms with Crippen LogP contribution >= 0.6 is 94.4 Å². The summed E-state index contributed by atoms with van der Waals surface area (Å²) in [5, 5.41) is 5.41. The highest BCUT2D eigenvalue weighted by Gasteiger charge is 2.05. The van der Waals surface area contributed by atoms with E-state index < -0.39 is 0 Å². The van der Waals surface area contributed by atoms with Crippen molar-refractivity contribution in [3.8, 4) is 0 Å². The van der Waals surface area contributed by atoms with E-state index in [1.807, 2.05) is 22.7 Å². The minimum absolute atomic E-state index is 1.13. The first-order chi connectivity index (χ1) is 15.7. The molecule has 0 amide bonds. The molecule has 0 unspecified atom stereocenters. The zero-order valence-corrected chi connectivity index (χ0v) is 25.5. The summed E-state index contributed by atoms with van der Waals surface area (Å²) in [6.07, 6.45) is 1.47. The van der Waals surface area contributed by atoms with Crippen molar-refractivity contribution in [2.24, 2.45) is 0 Å². The van der Waals surface area contributed by atoms with Crippen LogP contribution in [-0.4, -0.2) is 6.38 Å². The maximum atomic E-state index is 4.64. The van der Waals surface area contributed by atoms with E-state index in [1.54, 1.807) is 0 Å². The van der Waals surface area contributed by atoms with Gasteiger partial charge in [-0.25, -0.2) is 0 Å². The van der Waals surface area contributed by atoms with Crippen LogP contribution < -0.4 is 0 Å². The number of hydrogen-bond donors (Lipinski definition) is 0. The van der Waals surface area contributed by atoms with Crippen LogP contribution in [0.1, 0.15) is 0 Å². The van der Waals surface area contributed by atoms with E-state index in [0.717, 1.165) is 8.95 Å². The lowest BCUT2D eigenvalue weighted by atomic mass is 10.2. The number of benzene rings is 4. The molecule has 0 fully saturated rings. The lowest BCUT2D eigenvalue weighted by molar-refractivity contribution is 1.75. The molecule has 0 nitrogen and oxygen atoms in total. The van der Waals surface area contributed by atoms with Gasteiger partial charge in [0, 0.05) is 83.9 Å². The third-order valence-corrected chi connectivity index (χ3v) is 7.97. The molecular weight excluding hydrogens is 719 g/mol. The summed E-state index contributed by atoms with van der Waals surface area (Å²) >= 11 is 20.9. The van der Waals surface area contributed by atoms with Gasteiger partial charge in [-0.3, -0.25) is 0 Å². The summed E-state index contributed by atoms with van der Waals surface area (Å²) in [7, 11) is 0. The minimum Gasteiger partial charge on any atom is -0.135 e. The van der Waals surface area contributed by atoms with Gasteiger partial charge in [-0.15, -0.1) is 34.3 Å². The first-order valence-corrected chi connectivity index (χ1v) is 17.0. The standard InChI is InChI=1S/C12H6Br2S.C12H8S.CH3Cl.Br2/c13-7-1-3-11-9(5-7)10-6-8(14)2-4-12(10)15-11;1-3-7-11-9(5-1)10-6-2-4-8-12(10)13-11;2*1-2/h1-6H;1-8H;1H3;. The molecule has 0 saturated heterocycles. The molecule has 0 radical (unpaired) electrons. The van der Waals surface area contributed by atoms with Crippen LogP contribution in [-0.2, 0) is 0 Å². The third-order valence-electron chi connectivity index (χ3n) is 4.68. The number of halogens is 5. The van der Waals surface area contributed by atoms with Crippen LogP contribution in [0.25, 0.3) is 40.3 Å². The zero-order chi connectivity index (χ0) is 23.1. The van der Waals surface area contributed by atoms with Crippen molar-refractivity contribution < 1.29 is 0 Å². The SMILES string of the molecule is BrBr.Brc1ccc2sc3ccc(Br)cc3c2c1.CCl.c1ccc2c(c1)sc1ccccc12. The Labute approximate surface area is 232 Å². The van der Waals surface area contributed by atoms with Gasteiger partial charge in [0.1, 0.15) is 0 Å². The number of rotatable bonds is 0. The molecule has 0 atom stereocenters. The first kappa shape index (κ1) is 26.1. The van der Waals surface area contributed by atoms with E-state index in [2.05, 4.69) is 157 Å². The molecule has 0 bridgehead atoms. The predicted molar refractivity (Wildman–Crippen MR) is 164 cm³/mol. The van der Waals surface area contributed by atoms with Gasteiger partial charge in [0.05, 0.1) is 0 Å². The molecule has 2 aromatic heterocycles. The fourth-order valence-electron chi connectivity index (χ4n) is 3.40. The van der Waals surface area contributed by atoms with Gasteiger partial charge >= 0.3 is 0 Å². The highest BCUT2D eigenvalue weighted by atomic mass is 80.9. The van der Waals surface area contributed by atoms with Crippen LogP contribution in [0.2, 0.25) is 0 Å². The molecule has 4 aromatic carbocycles. The highest BCUT2D eigenvalue weighted by molar-refractivity contribution is 9.93. The fourth-order valence-corrected chi connectivity index (χ4v) is 6.29. The quantitative estimate of drug-likeness (QED) is 0.136. The van der Waals surface area contributed by atoms with E-state index in [0.29, 0.717) is 0 Å². The molecule has 0 N–H and O–H groups in total. The Balaban J connectivity index is 0.000000158. The van der Waals surface area contributed by atoms with Crippen LogP contribution in [0.3, 0.4) is 0 Å². The van der Waals surface area contributed by atoms with Gasteiger partial charge in [0.15, 0.2) is 0 Å². The Kier molecular flexibility index (Phi) is 10.5. The van der Waals surface area contributed by atoms with E-state index in [-0.39, 0.29) is 0 Å². The minimum atomic E-state index is 1.13. The predicted octanol–water partition coefficient (Wildman–Crippen LogP) is 12.2. The second-order valence-electron chi connectivity index (χ2n) is 6.48. The summed E-state index contributed by atoms with van der Waals surface area (Å²) in [6.45, 7) is 0. The van der Waals surface area contributed by atoms with E-state index in [9.17, 15) is 0 Å². The van der Waals surface area contributed by atoms with Crippen LogP contribution in [0.15, 0.2) is 93.9 Å². The molecule has 0 spiro atoms. The summed E-state index contributed by atoms with van der Waals surface area (Å²) < 4.78 is 7.70. The van der Waals surface area contributed by atoms with Crippen LogP contribution in [0, 0.1) is 0 Å². The van der Waals surface area contributed by atoms with E-state index in [1.165, 1.54) is 46.7 Å². The zero-order valence-electron chi connectivity index (χ0n) is 16.8. The van der Waals surface area contributed by atoms with Gasteiger partial charge in [-0.05, 0) is 48.5 Å². The maximum absolute atomic E-state index is 4.64. The normalized spacial score (nSPS) is 10.2. The van der Waals surface area contributed by atoms with Crippen molar-refractivity contribution in [3.63, 3.8) is 0 Å². The second-order valence-corrected chi connectivity index (χ2v) is 10.5. The van der Waals surface area contributed by atoms with Gasteiger partial charge in [-0.2, -0.15) is 0 Å². The average molecular weight is 737 g/mol. The topological polar surface area (TPSA) is 0 Å². The molecule has 0 aliphatic rings. The summed E-state index contributed by atoms with van der Waals surface area (Å²) in [5.74, 6) is 0. The maximum Gasteiger partial charge on any atom is 0.0356 e. The first-order valence-electron chi connectivity index (χ1n) is 9.35. The summed E-state index contributed by atoms with van der Waals surface area (Å²) in [4.78, 5) is 0. The summed E-state index contributed by atoms with van der Waals surface area (Å²) in [6, 6.07) is 30.0. The Morgan fingerprint density at radius 2 is 0.844 bits per heavy atom. The monoisotopic (exact) mass is 732 g/mol. The molecule has 0 aliphatic heterocycles. The molecule has 32 heavy (non-hydrogen) atoms. The Hall–Kier alpha value is -0.470. The molecule has 7 heteroatoms. The number of fused-ring (bicyclic) bond motifs is 6.